The van der Waals surface area contributed by atoms with Crippen molar-refractivity contribution in [3.05, 3.63) is 75.6 Å². The molecule has 126 valence electrons. The second-order valence-corrected chi connectivity index (χ2v) is 5.81. The van der Waals surface area contributed by atoms with Crippen molar-refractivity contribution in [1.82, 2.24) is 19.5 Å². The molecule has 0 fully saturated rings. The minimum absolute atomic E-state index is 0.0730. The summed E-state index contributed by atoms with van der Waals surface area (Å²) in [6.45, 7) is 0. The van der Waals surface area contributed by atoms with Gasteiger partial charge in [0.1, 0.15) is 17.8 Å². The van der Waals surface area contributed by atoms with E-state index in [0.717, 1.165) is 0 Å². The van der Waals surface area contributed by atoms with E-state index < -0.39 is 5.82 Å². The Bertz CT molecular complexity index is 999. The van der Waals surface area contributed by atoms with Crippen LogP contribution in [0.25, 0.3) is 11.3 Å². The monoisotopic (exact) mass is 358 g/mol. The lowest BCUT2D eigenvalue weighted by Crippen LogP contribution is -2.18. The van der Waals surface area contributed by atoms with E-state index in [9.17, 15) is 14.0 Å². The van der Waals surface area contributed by atoms with Gasteiger partial charge in [-0.05, 0) is 24.3 Å². The maximum atomic E-state index is 13.5. The van der Waals surface area contributed by atoms with Crippen molar-refractivity contribution >= 4 is 17.4 Å². The van der Waals surface area contributed by atoms with Gasteiger partial charge in [-0.15, -0.1) is 0 Å². The number of nitrogens with zero attached hydrogens (tertiary/aromatic N) is 4. The molecular weight excluding hydrogens is 347 g/mol. The normalized spacial score (nSPS) is 10.7. The maximum Gasteiger partial charge on any atom is 0.253 e. The summed E-state index contributed by atoms with van der Waals surface area (Å²) < 4.78 is 14.8. The molecule has 0 radical (unpaired) electrons. The number of carbonyl (C=O) groups excluding carboxylic acids is 1. The first-order valence-corrected chi connectivity index (χ1v) is 7.63. The van der Waals surface area contributed by atoms with Gasteiger partial charge in [-0.1, -0.05) is 11.6 Å². The average Bonchev–Trinajstić information content (AvgIpc) is 2.57. The Morgan fingerprint density at radius 2 is 1.96 bits per heavy atom. The van der Waals surface area contributed by atoms with Crippen molar-refractivity contribution in [3.63, 3.8) is 0 Å². The Kier molecular flexibility index (Phi) is 4.67. The fourth-order valence-electron chi connectivity index (χ4n) is 2.22. The van der Waals surface area contributed by atoms with Crippen LogP contribution in [0.3, 0.4) is 0 Å². The van der Waals surface area contributed by atoms with E-state index in [-0.39, 0.29) is 28.5 Å². The first kappa shape index (κ1) is 16.9. The van der Waals surface area contributed by atoms with E-state index in [2.05, 4.69) is 15.0 Å². The van der Waals surface area contributed by atoms with E-state index >= 15 is 0 Å². The number of aromatic nitrogens is 4. The standard InChI is InChI=1S/C17H12ClFN4O2/c1-23-9-22-13(6-17(23)25)5-16(24)15-7-14(20-8-21-15)10-2-11(18)4-12(19)3-10/h2-4,6-9H,5H2,1H3. The van der Waals surface area contributed by atoms with Crippen molar-refractivity contribution in [2.45, 2.75) is 6.42 Å². The van der Waals surface area contributed by atoms with E-state index in [1.54, 1.807) is 13.1 Å². The van der Waals surface area contributed by atoms with Gasteiger partial charge in [0.15, 0.2) is 5.78 Å². The number of rotatable bonds is 4. The Morgan fingerprint density at radius 1 is 1.16 bits per heavy atom. The lowest BCUT2D eigenvalue weighted by molar-refractivity contribution is 0.0987. The third kappa shape index (κ3) is 3.95. The smallest absolute Gasteiger partial charge is 0.253 e. The van der Waals surface area contributed by atoms with Crippen LogP contribution in [-0.4, -0.2) is 25.3 Å². The number of carbonyl (C=O) groups is 1. The minimum atomic E-state index is -0.502. The lowest BCUT2D eigenvalue weighted by atomic mass is 10.1. The quantitative estimate of drug-likeness (QED) is 0.669. The molecule has 6 nitrogen and oxygen atoms in total. The molecule has 0 aliphatic carbocycles. The van der Waals surface area contributed by atoms with Gasteiger partial charge in [-0.2, -0.15) is 0 Å². The molecule has 0 amide bonds. The number of ketones is 1. The second-order valence-electron chi connectivity index (χ2n) is 5.38. The van der Waals surface area contributed by atoms with Gasteiger partial charge in [0.2, 0.25) is 0 Å². The summed E-state index contributed by atoms with van der Waals surface area (Å²) in [5, 5.41) is 0.228. The molecule has 0 aliphatic heterocycles. The molecule has 0 bridgehead atoms. The van der Waals surface area contributed by atoms with Gasteiger partial charge in [0.25, 0.3) is 5.56 Å². The molecule has 3 rings (SSSR count). The average molecular weight is 359 g/mol. The largest absolute Gasteiger partial charge is 0.302 e. The van der Waals surface area contributed by atoms with E-state index in [1.807, 2.05) is 0 Å². The van der Waals surface area contributed by atoms with Gasteiger partial charge in [-0.25, -0.2) is 19.3 Å². The zero-order valence-electron chi connectivity index (χ0n) is 13.1. The molecule has 8 heteroatoms. The molecule has 2 aromatic heterocycles. The predicted molar refractivity (Wildman–Crippen MR) is 89.9 cm³/mol. The van der Waals surface area contributed by atoms with Crippen LogP contribution >= 0.6 is 11.6 Å². The third-order valence-electron chi connectivity index (χ3n) is 3.49. The zero-order chi connectivity index (χ0) is 18.0. The van der Waals surface area contributed by atoms with E-state index in [1.165, 1.54) is 41.5 Å². The molecule has 25 heavy (non-hydrogen) atoms. The highest BCUT2D eigenvalue weighted by Gasteiger charge is 2.13. The Labute approximate surface area is 147 Å². The first-order valence-electron chi connectivity index (χ1n) is 7.25. The van der Waals surface area contributed by atoms with Crippen LogP contribution in [0, 0.1) is 5.82 Å². The number of Topliss-reactive ketones (excluding diaryl/α,β-unsaturated/α-hetero) is 1. The Hall–Kier alpha value is -2.93. The Balaban J connectivity index is 1.89. The van der Waals surface area contributed by atoms with Gasteiger partial charge in [0.05, 0.1) is 24.1 Å². The van der Waals surface area contributed by atoms with Crippen LogP contribution in [0.2, 0.25) is 5.02 Å². The number of halogens is 2. The summed E-state index contributed by atoms with van der Waals surface area (Å²) in [5.74, 6) is -0.828. The van der Waals surface area contributed by atoms with Crippen molar-refractivity contribution in [1.29, 1.82) is 0 Å². The number of benzene rings is 1. The Morgan fingerprint density at radius 3 is 2.68 bits per heavy atom. The van der Waals surface area contributed by atoms with Gasteiger partial charge >= 0.3 is 0 Å². The topological polar surface area (TPSA) is 77.7 Å². The van der Waals surface area contributed by atoms with Crippen molar-refractivity contribution in [2.75, 3.05) is 0 Å². The van der Waals surface area contributed by atoms with Gasteiger partial charge in [0, 0.05) is 23.7 Å². The SMILES string of the molecule is Cn1cnc(CC(=O)c2cc(-c3cc(F)cc(Cl)c3)ncn2)cc1=O. The fraction of sp³-hybridized carbons (Fsp3) is 0.118. The van der Waals surface area contributed by atoms with Crippen LogP contribution in [0.5, 0.6) is 0 Å². The zero-order valence-corrected chi connectivity index (χ0v) is 13.9. The van der Waals surface area contributed by atoms with Gasteiger partial charge < -0.3 is 4.57 Å². The number of hydrogen-bond acceptors (Lipinski definition) is 5. The molecule has 0 aliphatic rings. The molecule has 0 unspecified atom stereocenters. The van der Waals surface area contributed by atoms with Crippen molar-refractivity contribution in [2.24, 2.45) is 7.05 Å². The highest BCUT2D eigenvalue weighted by molar-refractivity contribution is 6.30. The second kappa shape index (κ2) is 6.90. The first-order chi connectivity index (χ1) is 11.9. The van der Waals surface area contributed by atoms with Crippen LogP contribution < -0.4 is 5.56 Å². The van der Waals surface area contributed by atoms with Crippen molar-refractivity contribution < 1.29 is 9.18 Å². The number of hydrogen-bond donors (Lipinski definition) is 0. The molecule has 0 saturated carbocycles. The van der Waals surface area contributed by atoms with Crippen LogP contribution in [0.15, 0.2) is 47.8 Å². The fourth-order valence-corrected chi connectivity index (χ4v) is 2.44. The summed E-state index contributed by atoms with van der Waals surface area (Å²) in [6.07, 6.45) is 2.50. The molecule has 0 N–H and O–H groups in total. The predicted octanol–water partition coefficient (Wildman–Crippen LogP) is 2.46. The maximum absolute atomic E-state index is 13.5. The molecule has 1 aromatic carbocycles. The summed E-state index contributed by atoms with van der Waals surface area (Å²) in [6, 6.07) is 6.75. The van der Waals surface area contributed by atoms with Crippen molar-refractivity contribution in [3.8, 4) is 11.3 Å². The summed E-state index contributed by atoms with van der Waals surface area (Å²) in [5.41, 5.74) is 1.05. The van der Waals surface area contributed by atoms with E-state index in [4.69, 9.17) is 11.6 Å². The van der Waals surface area contributed by atoms with Crippen LogP contribution in [0.1, 0.15) is 16.2 Å². The molecule has 0 spiro atoms. The van der Waals surface area contributed by atoms with Crippen LogP contribution in [0.4, 0.5) is 4.39 Å². The van der Waals surface area contributed by atoms with Gasteiger partial charge in [-0.3, -0.25) is 9.59 Å². The van der Waals surface area contributed by atoms with Crippen LogP contribution in [-0.2, 0) is 13.5 Å². The highest BCUT2D eigenvalue weighted by Crippen LogP contribution is 2.23. The highest BCUT2D eigenvalue weighted by atomic mass is 35.5. The lowest BCUT2D eigenvalue weighted by Gasteiger charge is -2.05. The molecule has 0 atom stereocenters. The summed E-state index contributed by atoms with van der Waals surface area (Å²) >= 11 is 5.85. The minimum Gasteiger partial charge on any atom is -0.302 e. The summed E-state index contributed by atoms with van der Waals surface area (Å²) in [4.78, 5) is 36.0. The molecule has 2 heterocycles. The summed E-state index contributed by atoms with van der Waals surface area (Å²) in [7, 11) is 1.57. The molecule has 0 saturated heterocycles. The third-order valence-corrected chi connectivity index (χ3v) is 3.71. The molecular formula is C17H12ClFN4O2. The van der Waals surface area contributed by atoms with E-state index in [0.29, 0.717) is 17.0 Å². The molecule has 3 aromatic rings. The number of aryl methyl sites for hydroxylation is 1.